The Kier molecular flexibility index (Phi) is 3.22. The van der Waals surface area contributed by atoms with Crippen molar-refractivity contribution in [2.75, 3.05) is 6.61 Å². The van der Waals surface area contributed by atoms with Crippen LogP contribution in [0.5, 0.6) is 5.75 Å². The van der Waals surface area contributed by atoms with Crippen molar-refractivity contribution in [3.05, 3.63) is 30.3 Å². The van der Waals surface area contributed by atoms with Crippen molar-refractivity contribution in [3.63, 3.8) is 0 Å². The predicted molar refractivity (Wildman–Crippen MR) is 59.3 cm³/mol. The van der Waals surface area contributed by atoms with Gasteiger partial charge < -0.3 is 15.2 Å². The molecule has 0 aromatic heterocycles. The highest BCUT2D eigenvalue weighted by molar-refractivity contribution is 5.90. The summed E-state index contributed by atoms with van der Waals surface area (Å²) < 4.78 is 10.9. The Labute approximate surface area is 94.3 Å². The van der Waals surface area contributed by atoms with E-state index in [4.69, 9.17) is 15.2 Å². The molecule has 4 heteroatoms. The Hall–Kier alpha value is -1.39. The molecular weight excluding hydrogens is 206 g/mol. The average molecular weight is 221 g/mol. The van der Waals surface area contributed by atoms with Crippen LogP contribution in [-0.2, 0) is 9.53 Å². The van der Waals surface area contributed by atoms with Crippen LogP contribution in [0.2, 0.25) is 0 Å². The summed E-state index contributed by atoms with van der Waals surface area (Å²) in [6.07, 6.45) is -0.762. The van der Waals surface area contributed by atoms with E-state index < -0.39 is 12.1 Å². The minimum absolute atomic E-state index is 0.0802. The van der Waals surface area contributed by atoms with Crippen LogP contribution in [0.25, 0.3) is 0 Å². The number of rotatable bonds is 3. The van der Waals surface area contributed by atoms with Gasteiger partial charge in [0, 0.05) is 0 Å². The summed E-state index contributed by atoms with van der Waals surface area (Å²) in [6, 6.07) is 8.81. The number of nitrogens with two attached hydrogens (primary N) is 1. The van der Waals surface area contributed by atoms with Gasteiger partial charge in [0.25, 0.3) is 0 Å². The Morgan fingerprint density at radius 3 is 2.62 bits per heavy atom. The highest BCUT2D eigenvalue weighted by Crippen LogP contribution is 2.17. The quantitative estimate of drug-likeness (QED) is 0.818. The molecule has 3 unspecified atom stereocenters. The normalized spacial score (nSPS) is 29.4. The number of carbonyl (C=O) groups excluding carboxylic acids is 1. The number of Topliss-reactive ketones (excluding diaryl/α,β-unsaturated/α-hetero) is 1. The van der Waals surface area contributed by atoms with Crippen LogP contribution in [0.4, 0.5) is 0 Å². The Morgan fingerprint density at radius 2 is 2.06 bits per heavy atom. The SMILES string of the molecule is CC1OC(COc2ccccc2)C(=O)C1N. The van der Waals surface area contributed by atoms with Gasteiger partial charge in [0.15, 0.2) is 11.9 Å². The van der Waals surface area contributed by atoms with Crippen LogP contribution < -0.4 is 10.5 Å². The molecule has 0 radical (unpaired) electrons. The molecule has 1 aliphatic rings. The molecule has 2 N–H and O–H groups in total. The number of ether oxygens (including phenoxy) is 2. The van der Waals surface area contributed by atoms with Crippen molar-refractivity contribution in [2.24, 2.45) is 5.73 Å². The number of hydrogen-bond acceptors (Lipinski definition) is 4. The molecule has 0 saturated carbocycles. The molecule has 16 heavy (non-hydrogen) atoms. The number of ketones is 1. The summed E-state index contributed by atoms with van der Waals surface area (Å²) in [7, 11) is 0. The van der Waals surface area contributed by atoms with Crippen molar-refractivity contribution < 1.29 is 14.3 Å². The predicted octanol–water partition coefficient (Wildman–Crippen LogP) is 0.749. The number of para-hydroxylation sites is 1. The molecule has 3 atom stereocenters. The first-order chi connectivity index (χ1) is 7.68. The van der Waals surface area contributed by atoms with Crippen molar-refractivity contribution >= 4 is 5.78 Å². The van der Waals surface area contributed by atoms with E-state index >= 15 is 0 Å². The molecule has 1 aromatic rings. The molecule has 1 fully saturated rings. The largest absolute Gasteiger partial charge is 0.490 e. The van der Waals surface area contributed by atoms with E-state index in [0.717, 1.165) is 5.75 Å². The van der Waals surface area contributed by atoms with Gasteiger partial charge in [-0.25, -0.2) is 0 Å². The van der Waals surface area contributed by atoms with E-state index in [-0.39, 0.29) is 18.5 Å². The summed E-state index contributed by atoms with van der Waals surface area (Å²) in [5.74, 6) is 0.649. The molecule has 86 valence electrons. The highest BCUT2D eigenvalue weighted by Gasteiger charge is 2.38. The third-order valence-electron chi connectivity index (χ3n) is 2.68. The monoisotopic (exact) mass is 221 g/mol. The fourth-order valence-electron chi connectivity index (χ4n) is 1.67. The summed E-state index contributed by atoms with van der Waals surface area (Å²) >= 11 is 0. The second-order valence-corrected chi connectivity index (χ2v) is 3.88. The summed E-state index contributed by atoms with van der Waals surface area (Å²) in [5.41, 5.74) is 5.65. The van der Waals surface area contributed by atoms with E-state index in [1.54, 1.807) is 6.92 Å². The lowest BCUT2D eigenvalue weighted by Gasteiger charge is -2.11. The Balaban J connectivity index is 1.90. The first-order valence-electron chi connectivity index (χ1n) is 5.31. The Bertz CT molecular complexity index is 366. The minimum atomic E-state index is -0.537. The minimum Gasteiger partial charge on any atom is -0.490 e. The molecule has 0 aliphatic carbocycles. The van der Waals surface area contributed by atoms with Crippen LogP contribution in [0.1, 0.15) is 6.92 Å². The molecule has 0 bridgehead atoms. The highest BCUT2D eigenvalue weighted by atomic mass is 16.5. The zero-order valence-corrected chi connectivity index (χ0v) is 9.13. The third kappa shape index (κ3) is 2.23. The van der Waals surface area contributed by atoms with E-state index in [1.165, 1.54) is 0 Å². The van der Waals surface area contributed by atoms with Crippen LogP contribution >= 0.6 is 0 Å². The van der Waals surface area contributed by atoms with Crippen molar-refractivity contribution in [2.45, 2.75) is 25.2 Å². The fourth-order valence-corrected chi connectivity index (χ4v) is 1.67. The van der Waals surface area contributed by atoms with Crippen LogP contribution in [-0.4, -0.2) is 30.6 Å². The molecular formula is C12H15NO3. The van der Waals surface area contributed by atoms with Gasteiger partial charge in [-0.2, -0.15) is 0 Å². The summed E-state index contributed by atoms with van der Waals surface area (Å²) in [5, 5.41) is 0. The number of carbonyl (C=O) groups is 1. The van der Waals surface area contributed by atoms with Crippen LogP contribution in [0.15, 0.2) is 30.3 Å². The fraction of sp³-hybridized carbons (Fsp3) is 0.417. The zero-order valence-electron chi connectivity index (χ0n) is 9.13. The van der Waals surface area contributed by atoms with Crippen molar-refractivity contribution in [1.29, 1.82) is 0 Å². The summed E-state index contributed by atoms with van der Waals surface area (Å²) in [6.45, 7) is 2.02. The van der Waals surface area contributed by atoms with Crippen LogP contribution in [0, 0.1) is 0 Å². The van der Waals surface area contributed by atoms with Gasteiger partial charge in [-0.15, -0.1) is 0 Å². The lowest BCUT2D eigenvalue weighted by Crippen LogP contribution is -2.36. The Morgan fingerprint density at radius 1 is 1.38 bits per heavy atom. The third-order valence-corrected chi connectivity index (χ3v) is 2.68. The van der Waals surface area contributed by atoms with E-state index in [2.05, 4.69) is 0 Å². The topological polar surface area (TPSA) is 61.5 Å². The van der Waals surface area contributed by atoms with Crippen molar-refractivity contribution in [1.82, 2.24) is 0 Å². The lowest BCUT2D eigenvalue weighted by atomic mass is 10.1. The van der Waals surface area contributed by atoms with Gasteiger partial charge in [0.05, 0.1) is 12.1 Å². The van der Waals surface area contributed by atoms with Gasteiger partial charge in [0.2, 0.25) is 0 Å². The summed E-state index contributed by atoms with van der Waals surface area (Å²) in [4.78, 5) is 11.6. The molecule has 1 aliphatic heterocycles. The molecule has 1 aromatic carbocycles. The van der Waals surface area contributed by atoms with E-state index in [0.29, 0.717) is 0 Å². The van der Waals surface area contributed by atoms with E-state index in [1.807, 2.05) is 30.3 Å². The molecule has 0 amide bonds. The first kappa shape index (κ1) is 11.1. The van der Waals surface area contributed by atoms with E-state index in [9.17, 15) is 4.79 Å². The van der Waals surface area contributed by atoms with Gasteiger partial charge in [-0.05, 0) is 19.1 Å². The smallest absolute Gasteiger partial charge is 0.184 e. The molecule has 4 nitrogen and oxygen atoms in total. The molecule has 2 rings (SSSR count). The maximum atomic E-state index is 11.6. The molecule has 1 heterocycles. The second kappa shape index (κ2) is 4.63. The lowest BCUT2D eigenvalue weighted by molar-refractivity contribution is -0.124. The number of hydrogen-bond donors (Lipinski definition) is 1. The van der Waals surface area contributed by atoms with Crippen LogP contribution in [0.3, 0.4) is 0 Å². The maximum absolute atomic E-state index is 11.6. The van der Waals surface area contributed by atoms with Crippen molar-refractivity contribution in [3.8, 4) is 5.75 Å². The molecule has 0 spiro atoms. The van der Waals surface area contributed by atoms with Gasteiger partial charge in [-0.1, -0.05) is 18.2 Å². The van der Waals surface area contributed by atoms with Gasteiger partial charge >= 0.3 is 0 Å². The second-order valence-electron chi connectivity index (χ2n) is 3.88. The molecule has 1 saturated heterocycles. The zero-order chi connectivity index (χ0) is 11.5. The van der Waals surface area contributed by atoms with Gasteiger partial charge in [0.1, 0.15) is 12.4 Å². The first-order valence-corrected chi connectivity index (χ1v) is 5.31. The van der Waals surface area contributed by atoms with Gasteiger partial charge in [-0.3, -0.25) is 4.79 Å². The maximum Gasteiger partial charge on any atom is 0.184 e. The average Bonchev–Trinajstić information content (AvgIpc) is 2.56. The standard InChI is InChI=1S/C12H15NO3/c1-8-11(13)12(14)10(16-8)7-15-9-5-3-2-4-6-9/h2-6,8,10-11H,7,13H2,1H3. The number of benzene rings is 1.